The quantitative estimate of drug-likeness (QED) is 0.232. The molecule has 0 aliphatic heterocycles. The number of nitrogens with zero attached hydrogens (tertiary/aromatic N) is 2. The van der Waals surface area contributed by atoms with E-state index in [1.807, 2.05) is 60.0 Å². The standard InChI is InChI=1S/C29H32N5O3S/c1-2-3-14-33(29-32-27(20-38-29)25-8-5-9-26(16-25)34(36)37)19-21-10-12-24(13-11-21)28(35)31-18-23-7-4-6-22(15-23)17-30/h4-13,15-16,20,34H,2-3,14,17-19,30H2,1H3,(H,31,35)/q-1. The highest BCUT2D eigenvalue weighted by Crippen LogP contribution is 2.29. The van der Waals surface area contributed by atoms with Crippen molar-refractivity contribution in [1.29, 1.82) is 0 Å². The number of amides is 1. The molecule has 0 aliphatic carbocycles. The van der Waals surface area contributed by atoms with Gasteiger partial charge in [0.05, 0.1) is 5.69 Å². The summed E-state index contributed by atoms with van der Waals surface area (Å²) in [7, 11) is 0. The Hall–Kier alpha value is -3.60. The number of quaternary nitrogens is 1. The molecule has 1 amide bonds. The molecule has 8 nitrogen and oxygen atoms in total. The summed E-state index contributed by atoms with van der Waals surface area (Å²) in [6.07, 6.45) is 2.07. The van der Waals surface area contributed by atoms with E-state index in [0.717, 1.165) is 52.5 Å². The van der Waals surface area contributed by atoms with Crippen LogP contribution in [-0.4, -0.2) is 17.4 Å². The number of hydrogen-bond acceptors (Lipinski definition) is 7. The van der Waals surface area contributed by atoms with Crippen LogP contribution in [0.1, 0.15) is 46.8 Å². The molecule has 4 N–H and O–H groups in total. The van der Waals surface area contributed by atoms with Crippen LogP contribution >= 0.6 is 11.3 Å². The maximum absolute atomic E-state index is 12.7. The zero-order valence-corrected chi connectivity index (χ0v) is 22.2. The van der Waals surface area contributed by atoms with E-state index in [0.29, 0.717) is 25.2 Å². The molecule has 38 heavy (non-hydrogen) atoms. The topological polar surface area (TPSA) is 122 Å². The first-order valence-corrected chi connectivity index (χ1v) is 13.5. The van der Waals surface area contributed by atoms with E-state index in [9.17, 15) is 15.2 Å². The molecule has 4 rings (SSSR count). The van der Waals surface area contributed by atoms with E-state index >= 15 is 0 Å². The van der Waals surface area contributed by atoms with Gasteiger partial charge in [0, 0.05) is 48.8 Å². The summed E-state index contributed by atoms with van der Waals surface area (Å²) >= 11 is 1.53. The summed E-state index contributed by atoms with van der Waals surface area (Å²) in [5.41, 5.74) is 11.0. The summed E-state index contributed by atoms with van der Waals surface area (Å²) in [4.78, 5) is 19.7. The third-order valence-corrected chi connectivity index (χ3v) is 7.11. The van der Waals surface area contributed by atoms with Crippen molar-refractivity contribution < 1.29 is 10.0 Å². The lowest BCUT2D eigenvalue weighted by molar-refractivity contribution is -0.715. The smallest absolute Gasteiger partial charge is 0.251 e. The number of benzene rings is 3. The molecular formula is C29H32N5O3S-. The van der Waals surface area contributed by atoms with E-state index < -0.39 is 5.23 Å². The van der Waals surface area contributed by atoms with E-state index in [-0.39, 0.29) is 11.6 Å². The Morgan fingerprint density at radius 1 is 1.03 bits per heavy atom. The Bertz CT molecular complexity index is 1340. The van der Waals surface area contributed by atoms with Crippen molar-refractivity contribution in [1.82, 2.24) is 10.3 Å². The van der Waals surface area contributed by atoms with Crippen molar-refractivity contribution in [2.45, 2.75) is 39.4 Å². The van der Waals surface area contributed by atoms with Gasteiger partial charge in [-0.05, 0) is 41.3 Å². The Morgan fingerprint density at radius 3 is 2.53 bits per heavy atom. The van der Waals surface area contributed by atoms with Crippen molar-refractivity contribution in [2.75, 3.05) is 11.4 Å². The highest BCUT2D eigenvalue weighted by atomic mass is 32.1. The number of carbonyl (C=O) groups excluding carboxylic acids is 1. The van der Waals surface area contributed by atoms with Crippen LogP contribution in [0.4, 0.5) is 10.8 Å². The van der Waals surface area contributed by atoms with E-state index in [4.69, 9.17) is 10.7 Å². The average molecular weight is 531 g/mol. The molecule has 0 unspecified atom stereocenters. The maximum Gasteiger partial charge on any atom is 0.251 e. The van der Waals surface area contributed by atoms with Gasteiger partial charge in [-0.2, -0.15) is 0 Å². The average Bonchev–Trinajstić information content (AvgIpc) is 3.45. The molecule has 0 saturated carbocycles. The summed E-state index contributed by atoms with van der Waals surface area (Å²) in [5, 5.41) is 27.1. The molecule has 3 aromatic carbocycles. The molecule has 198 valence electrons. The first-order valence-electron chi connectivity index (χ1n) is 12.6. The lowest BCUT2D eigenvalue weighted by Gasteiger charge is -2.24. The fourth-order valence-corrected chi connectivity index (χ4v) is 4.93. The van der Waals surface area contributed by atoms with E-state index in [2.05, 4.69) is 17.1 Å². The molecule has 1 heterocycles. The van der Waals surface area contributed by atoms with Gasteiger partial charge in [0.2, 0.25) is 0 Å². The number of unbranched alkanes of at least 4 members (excludes halogenated alkanes) is 1. The number of rotatable bonds is 12. The van der Waals surface area contributed by atoms with Gasteiger partial charge in [-0.15, -0.1) is 11.3 Å². The molecule has 0 radical (unpaired) electrons. The number of aromatic nitrogens is 1. The van der Waals surface area contributed by atoms with Gasteiger partial charge in [0.15, 0.2) is 5.13 Å². The van der Waals surface area contributed by atoms with E-state index in [1.54, 1.807) is 12.1 Å². The van der Waals surface area contributed by atoms with Crippen molar-refractivity contribution >= 4 is 28.1 Å². The first kappa shape index (κ1) is 27.4. The van der Waals surface area contributed by atoms with Crippen molar-refractivity contribution in [3.8, 4) is 11.3 Å². The van der Waals surface area contributed by atoms with Crippen molar-refractivity contribution in [2.24, 2.45) is 5.73 Å². The summed E-state index contributed by atoms with van der Waals surface area (Å²) in [6.45, 7) is 4.55. The summed E-state index contributed by atoms with van der Waals surface area (Å²) in [6, 6.07) is 22.2. The molecular weight excluding hydrogens is 498 g/mol. The number of thiazole rings is 1. The number of nitrogens with two attached hydrogens (primary N) is 1. The molecule has 9 heteroatoms. The van der Waals surface area contributed by atoms with Crippen molar-refractivity contribution in [3.63, 3.8) is 0 Å². The highest BCUT2D eigenvalue weighted by molar-refractivity contribution is 7.14. The zero-order valence-electron chi connectivity index (χ0n) is 21.4. The minimum absolute atomic E-state index is 0.124. The van der Waals surface area contributed by atoms with Gasteiger partial charge in [0.25, 0.3) is 5.91 Å². The van der Waals surface area contributed by atoms with Gasteiger partial charge in [0.1, 0.15) is 5.69 Å². The van der Waals surface area contributed by atoms with Gasteiger partial charge >= 0.3 is 0 Å². The van der Waals surface area contributed by atoms with Crippen LogP contribution in [0.2, 0.25) is 0 Å². The third-order valence-electron chi connectivity index (χ3n) is 6.21. The molecule has 0 spiro atoms. The third kappa shape index (κ3) is 7.25. The van der Waals surface area contributed by atoms with Crippen LogP contribution in [-0.2, 0) is 19.6 Å². The molecule has 1 aromatic heterocycles. The van der Waals surface area contributed by atoms with Crippen LogP contribution in [0, 0.1) is 10.4 Å². The predicted molar refractivity (Wildman–Crippen MR) is 153 cm³/mol. The van der Waals surface area contributed by atoms with Gasteiger partial charge < -0.3 is 31.6 Å². The Labute approximate surface area is 226 Å². The lowest BCUT2D eigenvalue weighted by atomic mass is 10.1. The van der Waals surface area contributed by atoms with Crippen molar-refractivity contribution in [3.05, 3.63) is 111 Å². The zero-order chi connectivity index (χ0) is 26.9. The van der Waals surface area contributed by atoms with Crippen LogP contribution < -0.4 is 21.2 Å². The number of carbonyl (C=O) groups is 1. The second-order valence-electron chi connectivity index (χ2n) is 9.06. The van der Waals surface area contributed by atoms with Crippen LogP contribution in [0.15, 0.2) is 78.2 Å². The minimum Gasteiger partial charge on any atom is -0.628 e. The molecule has 0 bridgehead atoms. The highest BCUT2D eigenvalue weighted by Gasteiger charge is 2.14. The van der Waals surface area contributed by atoms with Crippen LogP contribution in [0.25, 0.3) is 11.3 Å². The molecule has 0 atom stereocenters. The molecule has 0 fully saturated rings. The Morgan fingerprint density at radius 2 is 1.79 bits per heavy atom. The second-order valence-corrected chi connectivity index (χ2v) is 9.90. The summed E-state index contributed by atoms with van der Waals surface area (Å²) in [5.74, 6) is -0.124. The first-order chi connectivity index (χ1) is 18.5. The summed E-state index contributed by atoms with van der Waals surface area (Å²) < 4.78 is 0. The normalized spacial score (nSPS) is 11.1. The fraction of sp³-hybridized carbons (Fsp3) is 0.241. The largest absolute Gasteiger partial charge is 0.628 e. The molecule has 4 aromatic rings. The maximum atomic E-state index is 12.7. The SMILES string of the molecule is CCCCN(Cc1ccc(C(=O)NCc2cccc(CN)c2)cc1)c1nc(-c2cccc([NH+]([O-])[O-])c2)cs1. The monoisotopic (exact) mass is 530 g/mol. The Balaban J connectivity index is 1.42. The Kier molecular flexibility index (Phi) is 9.58. The number of hydrogen-bond donors (Lipinski definition) is 3. The van der Waals surface area contributed by atoms with Gasteiger partial charge in [-0.25, -0.2) is 4.98 Å². The minimum atomic E-state index is -1.20. The van der Waals surface area contributed by atoms with Gasteiger partial charge in [-0.1, -0.05) is 61.9 Å². The predicted octanol–water partition coefficient (Wildman–Crippen LogP) is 4.52. The molecule has 0 saturated heterocycles. The fourth-order valence-electron chi connectivity index (χ4n) is 4.07. The molecule has 0 aliphatic rings. The second kappa shape index (κ2) is 13.3. The number of nitrogens with one attached hydrogen (secondary N) is 2. The van der Waals surface area contributed by atoms with E-state index in [1.165, 1.54) is 17.4 Å². The van der Waals surface area contributed by atoms with Gasteiger partial charge in [-0.3, -0.25) is 4.79 Å². The lowest BCUT2D eigenvalue weighted by Crippen LogP contribution is -2.96. The number of anilines is 1. The van der Waals surface area contributed by atoms with Crippen LogP contribution in [0.5, 0.6) is 0 Å². The van der Waals surface area contributed by atoms with Crippen LogP contribution in [0.3, 0.4) is 0 Å².